The summed E-state index contributed by atoms with van der Waals surface area (Å²) in [6, 6.07) is 7.07. The van der Waals surface area contributed by atoms with Crippen molar-refractivity contribution >= 4 is 5.97 Å². The van der Waals surface area contributed by atoms with Gasteiger partial charge in [-0.25, -0.2) is 4.79 Å². The zero-order valence-electron chi connectivity index (χ0n) is 11.0. The quantitative estimate of drug-likeness (QED) is 0.733. The van der Waals surface area contributed by atoms with Crippen LogP contribution in [0.3, 0.4) is 0 Å². The van der Waals surface area contributed by atoms with Crippen LogP contribution in [0, 0.1) is 11.8 Å². The van der Waals surface area contributed by atoms with E-state index in [-0.39, 0.29) is 6.61 Å². The number of rotatable bonds is 6. The van der Waals surface area contributed by atoms with Gasteiger partial charge in [0.15, 0.2) is 0 Å². The van der Waals surface area contributed by atoms with Crippen LogP contribution in [-0.4, -0.2) is 29.3 Å². The molecule has 0 amide bonds. The molecule has 2 atom stereocenters. The van der Waals surface area contributed by atoms with Gasteiger partial charge in [-0.3, -0.25) is 0 Å². The molecule has 0 saturated heterocycles. The van der Waals surface area contributed by atoms with Gasteiger partial charge in [0.2, 0.25) is 0 Å². The van der Waals surface area contributed by atoms with Crippen molar-refractivity contribution in [3.63, 3.8) is 0 Å². The second-order valence-electron chi connectivity index (χ2n) is 5.23. The number of carbonyl (C=O) groups is 1. The number of aliphatic hydroxyl groups is 1. The van der Waals surface area contributed by atoms with E-state index < -0.39 is 5.97 Å². The van der Waals surface area contributed by atoms with Gasteiger partial charge in [-0.2, -0.15) is 0 Å². The van der Waals surface area contributed by atoms with Crippen LogP contribution < -0.4 is 5.32 Å². The minimum Gasteiger partial charge on any atom is -0.478 e. The van der Waals surface area contributed by atoms with Crippen LogP contribution >= 0.6 is 0 Å². The molecule has 1 fully saturated rings. The Labute approximate surface area is 113 Å². The fraction of sp³-hybridized carbons (Fsp3) is 0.533. The van der Waals surface area contributed by atoms with Gasteiger partial charge in [0.25, 0.3) is 0 Å². The zero-order chi connectivity index (χ0) is 13.7. The largest absolute Gasteiger partial charge is 0.478 e. The fourth-order valence-corrected chi connectivity index (χ4v) is 2.90. The molecule has 2 rings (SSSR count). The highest BCUT2D eigenvalue weighted by Crippen LogP contribution is 2.30. The maximum absolute atomic E-state index is 11.1. The Balaban J connectivity index is 1.87. The molecule has 3 N–H and O–H groups in total. The van der Waals surface area contributed by atoms with Crippen molar-refractivity contribution in [2.24, 2.45) is 11.8 Å². The molecule has 2 unspecified atom stereocenters. The van der Waals surface area contributed by atoms with Crippen molar-refractivity contribution in [2.45, 2.75) is 25.8 Å². The van der Waals surface area contributed by atoms with Crippen molar-refractivity contribution in [3.05, 3.63) is 35.4 Å². The van der Waals surface area contributed by atoms with E-state index in [9.17, 15) is 9.90 Å². The standard InChI is InChI=1S/C15H21NO3/c17-10-13-6-3-5-11(13)8-16-9-12-4-1-2-7-14(12)15(18)19/h1-2,4,7,11,13,16-17H,3,5-6,8-10H2,(H,18,19). The number of benzene rings is 1. The minimum atomic E-state index is -0.883. The highest BCUT2D eigenvalue weighted by atomic mass is 16.4. The van der Waals surface area contributed by atoms with Gasteiger partial charge < -0.3 is 15.5 Å². The van der Waals surface area contributed by atoms with E-state index in [4.69, 9.17) is 5.11 Å². The number of hydrogen-bond acceptors (Lipinski definition) is 3. The fourth-order valence-electron chi connectivity index (χ4n) is 2.90. The van der Waals surface area contributed by atoms with Gasteiger partial charge >= 0.3 is 5.97 Å². The third kappa shape index (κ3) is 3.55. The van der Waals surface area contributed by atoms with E-state index in [0.29, 0.717) is 23.9 Å². The zero-order valence-corrected chi connectivity index (χ0v) is 11.0. The second kappa shape index (κ2) is 6.68. The van der Waals surface area contributed by atoms with Crippen LogP contribution in [0.4, 0.5) is 0 Å². The summed E-state index contributed by atoms with van der Waals surface area (Å²) >= 11 is 0. The van der Waals surface area contributed by atoms with Crippen molar-refractivity contribution in [1.82, 2.24) is 5.32 Å². The van der Waals surface area contributed by atoms with E-state index in [1.807, 2.05) is 12.1 Å². The number of nitrogens with one attached hydrogen (secondary N) is 1. The smallest absolute Gasteiger partial charge is 0.336 e. The van der Waals surface area contributed by atoms with Crippen molar-refractivity contribution in [3.8, 4) is 0 Å². The van der Waals surface area contributed by atoms with Crippen molar-refractivity contribution < 1.29 is 15.0 Å². The van der Waals surface area contributed by atoms with Gasteiger partial charge in [0, 0.05) is 13.2 Å². The Morgan fingerprint density at radius 1 is 1.26 bits per heavy atom. The lowest BCUT2D eigenvalue weighted by Gasteiger charge is -2.18. The van der Waals surface area contributed by atoms with E-state index in [2.05, 4.69) is 5.32 Å². The molecule has 1 aliphatic carbocycles. The average Bonchev–Trinajstić information content (AvgIpc) is 2.86. The first-order valence-corrected chi connectivity index (χ1v) is 6.85. The lowest BCUT2D eigenvalue weighted by Crippen LogP contribution is -2.27. The van der Waals surface area contributed by atoms with E-state index >= 15 is 0 Å². The molecule has 0 radical (unpaired) electrons. The number of hydrogen-bond donors (Lipinski definition) is 3. The number of aliphatic hydroxyl groups excluding tert-OH is 1. The van der Waals surface area contributed by atoms with Crippen LogP contribution in [0.1, 0.15) is 35.2 Å². The van der Waals surface area contributed by atoms with Crippen LogP contribution in [0.25, 0.3) is 0 Å². The lowest BCUT2D eigenvalue weighted by atomic mass is 9.97. The molecule has 0 aliphatic heterocycles. The van der Waals surface area contributed by atoms with Gasteiger partial charge in [0.1, 0.15) is 0 Å². The first-order valence-electron chi connectivity index (χ1n) is 6.85. The summed E-state index contributed by atoms with van der Waals surface area (Å²) in [5.41, 5.74) is 1.17. The van der Waals surface area contributed by atoms with Crippen LogP contribution in [0.2, 0.25) is 0 Å². The summed E-state index contributed by atoms with van der Waals surface area (Å²) < 4.78 is 0. The van der Waals surface area contributed by atoms with Gasteiger partial charge in [0.05, 0.1) is 5.56 Å². The van der Waals surface area contributed by atoms with Crippen LogP contribution in [0.15, 0.2) is 24.3 Å². The second-order valence-corrected chi connectivity index (χ2v) is 5.23. The SMILES string of the molecule is O=C(O)c1ccccc1CNCC1CCCC1CO. The Morgan fingerprint density at radius 2 is 2.00 bits per heavy atom. The Morgan fingerprint density at radius 3 is 2.74 bits per heavy atom. The maximum Gasteiger partial charge on any atom is 0.336 e. The molecule has 1 aromatic carbocycles. The molecule has 0 heterocycles. The number of carboxylic acids is 1. The monoisotopic (exact) mass is 263 g/mol. The summed E-state index contributed by atoms with van der Waals surface area (Å²) in [5.74, 6) is 0.0377. The maximum atomic E-state index is 11.1. The van der Waals surface area contributed by atoms with Gasteiger partial charge in [-0.05, 0) is 42.9 Å². The molecule has 0 spiro atoms. The molecule has 4 heteroatoms. The summed E-state index contributed by atoms with van der Waals surface area (Å²) in [7, 11) is 0. The Kier molecular flexibility index (Phi) is 4.93. The van der Waals surface area contributed by atoms with Gasteiger partial charge in [-0.1, -0.05) is 24.6 Å². The predicted octanol–water partition coefficient (Wildman–Crippen LogP) is 1.88. The minimum absolute atomic E-state index is 0.262. The molecular formula is C15H21NO3. The van der Waals surface area contributed by atoms with Crippen LogP contribution in [0.5, 0.6) is 0 Å². The molecule has 0 bridgehead atoms. The predicted molar refractivity (Wildman–Crippen MR) is 73.0 cm³/mol. The Hall–Kier alpha value is -1.39. The van der Waals surface area contributed by atoms with E-state index in [0.717, 1.165) is 24.9 Å². The molecule has 4 nitrogen and oxygen atoms in total. The molecule has 104 valence electrons. The number of carboxylic acid groups (broad SMARTS) is 1. The molecule has 19 heavy (non-hydrogen) atoms. The van der Waals surface area contributed by atoms with E-state index in [1.165, 1.54) is 6.42 Å². The summed E-state index contributed by atoms with van der Waals surface area (Å²) in [5, 5.41) is 21.7. The lowest BCUT2D eigenvalue weighted by molar-refractivity contribution is 0.0695. The summed E-state index contributed by atoms with van der Waals surface area (Å²) in [6.45, 7) is 1.67. The summed E-state index contributed by atoms with van der Waals surface area (Å²) in [4.78, 5) is 11.1. The third-order valence-electron chi connectivity index (χ3n) is 4.02. The highest BCUT2D eigenvalue weighted by molar-refractivity contribution is 5.89. The van der Waals surface area contributed by atoms with Gasteiger partial charge in [-0.15, -0.1) is 0 Å². The molecular weight excluding hydrogens is 242 g/mol. The topological polar surface area (TPSA) is 69.6 Å². The highest BCUT2D eigenvalue weighted by Gasteiger charge is 2.25. The van der Waals surface area contributed by atoms with E-state index in [1.54, 1.807) is 12.1 Å². The average molecular weight is 263 g/mol. The first kappa shape index (κ1) is 14.0. The normalized spacial score (nSPS) is 22.6. The molecule has 0 aromatic heterocycles. The Bertz CT molecular complexity index is 433. The summed E-state index contributed by atoms with van der Waals surface area (Å²) in [6.07, 6.45) is 3.44. The molecule has 1 aliphatic rings. The van der Waals surface area contributed by atoms with Crippen LogP contribution in [-0.2, 0) is 6.54 Å². The van der Waals surface area contributed by atoms with Crippen molar-refractivity contribution in [1.29, 1.82) is 0 Å². The molecule has 1 saturated carbocycles. The molecule has 1 aromatic rings. The van der Waals surface area contributed by atoms with Crippen molar-refractivity contribution in [2.75, 3.05) is 13.2 Å². The third-order valence-corrected chi connectivity index (χ3v) is 4.02. The number of aromatic carboxylic acids is 1. The first-order chi connectivity index (χ1) is 9.22.